The average molecular weight is 304 g/mol. The molecule has 5 heteroatoms. The second kappa shape index (κ2) is 4.63. The van der Waals surface area contributed by atoms with Gasteiger partial charge in [-0.2, -0.15) is 0 Å². The highest BCUT2D eigenvalue weighted by Crippen LogP contribution is 2.27. The summed E-state index contributed by atoms with van der Waals surface area (Å²) in [7, 11) is 1.81. The Bertz CT molecular complexity index is 424. The van der Waals surface area contributed by atoms with Crippen LogP contribution in [0, 0.1) is 0 Å². The molecule has 1 N–H and O–H groups in total. The van der Waals surface area contributed by atoms with Crippen LogP contribution < -0.4 is 5.32 Å². The SMILES string of the molecule is CN1CCC(Nc2cc(Br)ccc2Cl)C1=O. The highest BCUT2D eigenvalue weighted by atomic mass is 79.9. The lowest BCUT2D eigenvalue weighted by Gasteiger charge is -2.14. The fraction of sp³-hybridized carbons (Fsp3) is 0.364. The van der Waals surface area contributed by atoms with Gasteiger partial charge in [-0.05, 0) is 24.6 Å². The zero-order chi connectivity index (χ0) is 11.7. The Labute approximate surface area is 108 Å². The third-order valence-corrected chi connectivity index (χ3v) is 3.51. The van der Waals surface area contributed by atoms with Crippen LogP contribution in [-0.4, -0.2) is 30.4 Å². The van der Waals surface area contributed by atoms with Crippen molar-refractivity contribution in [1.82, 2.24) is 4.90 Å². The van der Waals surface area contributed by atoms with Gasteiger partial charge < -0.3 is 10.2 Å². The van der Waals surface area contributed by atoms with E-state index < -0.39 is 0 Å². The summed E-state index contributed by atoms with van der Waals surface area (Å²) in [5.41, 5.74) is 0.796. The summed E-state index contributed by atoms with van der Waals surface area (Å²) in [5.74, 6) is 0.121. The zero-order valence-corrected chi connectivity index (χ0v) is 11.2. The number of amides is 1. The van der Waals surface area contributed by atoms with E-state index in [2.05, 4.69) is 21.2 Å². The number of likely N-dealkylation sites (tertiary alicyclic amines) is 1. The van der Waals surface area contributed by atoms with Gasteiger partial charge in [-0.25, -0.2) is 0 Å². The molecule has 1 amide bonds. The first kappa shape index (κ1) is 11.7. The number of rotatable bonds is 2. The minimum Gasteiger partial charge on any atom is -0.372 e. The molecule has 0 saturated carbocycles. The summed E-state index contributed by atoms with van der Waals surface area (Å²) in [6.45, 7) is 0.794. The summed E-state index contributed by atoms with van der Waals surface area (Å²) in [6, 6.07) is 5.40. The van der Waals surface area contributed by atoms with Gasteiger partial charge >= 0.3 is 0 Å². The van der Waals surface area contributed by atoms with E-state index in [1.165, 1.54) is 0 Å². The lowest BCUT2D eigenvalue weighted by molar-refractivity contribution is -0.127. The Morgan fingerprint density at radius 1 is 1.56 bits per heavy atom. The Kier molecular flexibility index (Phi) is 3.40. The topological polar surface area (TPSA) is 32.3 Å². The fourth-order valence-electron chi connectivity index (χ4n) is 1.75. The monoisotopic (exact) mass is 302 g/mol. The van der Waals surface area contributed by atoms with Crippen molar-refractivity contribution < 1.29 is 4.79 Å². The molecule has 1 fully saturated rings. The number of hydrogen-bond donors (Lipinski definition) is 1. The van der Waals surface area contributed by atoms with Crippen LogP contribution >= 0.6 is 27.5 Å². The average Bonchev–Trinajstić information content (AvgIpc) is 2.55. The number of nitrogens with zero attached hydrogens (tertiary/aromatic N) is 1. The van der Waals surface area contributed by atoms with E-state index in [0.29, 0.717) is 5.02 Å². The highest BCUT2D eigenvalue weighted by Gasteiger charge is 2.29. The van der Waals surface area contributed by atoms with Crippen LogP contribution in [0.2, 0.25) is 5.02 Å². The molecule has 0 bridgehead atoms. The van der Waals surface area contributed by atoms with Gasteiger partial charge in [0.05, 0.1) is 10.7 Å². The summed E-state index contributed by atoms with van der Waals surface area (Å²) in [4.78, 5) is 13.4. The van der Waals surface area contributed by atoms with Crippen molar-refractivity contribution in [3.8, 4) is 0 Å². The van der Waals surface area contributed by atoms with Gasteiger partial charge in [-0.3, -0.25) is 4.79 Å². The summed E-state index contributed by atoms with van der Waals surface area (Å²) < 4.78 is 0.943. The molecule has 1 aliphatic heterocycles. The Balaban J connectivity index is 2.15. The molecule has 1 aliphatic rings. The largest absolute Gasteiger partial charge is 0.372 e. The minimum atomic E-state index is -0.156. The van der Waals surface area contributed by atoms with Gasteiger partial charge in [-0.1, -0.05) is 27.5 Å². The molecule has 16 heavy (non-hydrogen) atoms. The van der Waals surface area contributed by atoms with Crippen molar-refractivity contribution in [3.63, 3.8) is 0 Å². The maximum absolute atomic E-state index is 11.7. The van der Waals surface area contributed by atoms with Gasteiger partial charge in [0.1, 0.15) is 6.04 Å². The van der Waals surface area contributed by atoms with Gasteiger partial charge in [0.25, 0.3) is 0 Å². The maximum atomic E-state index is 11.7. The smallest absolute Gasteiger partial charge is 0.244 e. The molecule has 0 aromatic heterocycles. The van der Waals surface area contributed by atoms with Crippen molar-refractivity contribution in [2.24, 2.45) is 0 Å². The molecule has 1 aromatic rings. The zero-order valence-electron chi connectivity index (χ0n) is 8.84. The third kappa shape index (κ3) is 2.33. The van der Waals surface area contributed by atoms with Gasteiger partial charge in [0.15, 0.2) is 0 Å². The van der Waals surface area contributed by atoms with Crippen molar-refractivity contribution >= 4 is 39.1 Å². The molecule has 3 nitrogen and oxygen atoms in total. The lowest BCUT2D eigenvalue weighted by atomic mass is 10.2. The maximum Gasteiger partial charge on any atom is 0.244 e. The standard InChI is InChI=1S/C11H12BrClN2O/c1-15-5-4-9(11(15)16)14-10-6-7(12)2-3-8(10)13/h2-3,6,9,14H,4-5H2,1H3. The molecule has 0 spiro atoms. The summed E-state index contributed by atoms with van der Waals surface area (Å²) in [6.07, 6.45) is 0.818. The number of carbonyl (C=O) groups excluding carboxylic acids is 1. The van der Waals surface area contributed by atoms with Crippen LogP contribution in [0.5, 0.6) is 0 Å². The van der Waals surface area contributed by atoms with Gasteiger partial charge in [-0.15, -0.1) is 0 Å². The van der Waals surface area contributed by atoms with Crippen molar-refractivity contribution in [3.05, 3.63) is 27.7 Å². The van der Waals surface area contributed by atoms with E-state index in [1.54, 1.807) is 11.0 Å². The quantitative estimate of drug-likeness (QED) is 0.911. The van der Waals surface area contributed by atoms with Crippen LogP contribution in [0.1, 0.15) is 6.42 Å². The summed E-state index contributed by atoms with van der Waals surface area (Å²) in [5, 5.41) is 3.81. The molecule has 1 unspecified atom stereocenters. The number of halogens is 2. The van der Waals surface area contributed by atoms with E-state index in [9.17, 15) is 4.79 Å². The van der Waals surface area contributed by atoms with Gasteiger partial charge in [0, 0.05) is 18.1 Å². The van der Waals surface area contributed by atoms with Crippen molar-refractivity contribution in [1.29, 1.82) is 0 Å². The molecule has 1 atom stereocenters. The van der Waals surface area contributed by atoms with Crippen LogP contribution in [0.25, 0.3) is 0 Å². The second-order valence-electron chi connectivity index (χ2n) is 3.87. The van der Waals surface area contributed by atoms with E-state index >= 15 is 0 Å². The van der Waals surface area contributed by atoms with Crippen LogP contribution in [0.15, 0.2) is 22.7 Å². The highest BCUT2D eigenvalue weighted by molar-refractivity contribution is 9.10. The Morgan fingerprint density at radius 3 is 2.94 bits per heavy atom. The molecular weight excluding hydrogens is 291 g/mol. The molecule has 2 rings (SSSR count). The van der Waals surface area contributed by atoms with E-state index in [4.69, 9.17) is 11.6 Å². The third-order valence-electron chi connectivity index (χ3n) is 2.69. The van der Waals surface area contributed by atoms with Gasteiger partial charge in [0.2, 0.25) is 5.91 Å². The number of likely N-dealkylation sites (N-methyl/N-ethyl adjacent to an activating group) is 1. The predicted octanol–water partition coefficient (Wildman–Crippen LogP) is 2.75. The van der Waals surface area contributed by atoms with E-state index in [1.807, 2.05) is 19.2 Å². The van der Waals surface area contributed by atoms with E-state index in [-0.39, 0.29) is 11.9 Å². The molecule has 1 saturated heterocycles. The Hall–Kier alpha value is -0.740. The number of nitrogens with one attached hydrogen (secondary N) is 1. The molecule has 0 aliphatic carbocycles. The molecule has 1 heterocycles. The number of hydrogen-bond acceptors (Lipinski definition) is 2. The molecule has 0 radical (unpaired) electrons. The fourth-order valence-corrected chi connectivity index (χ4v) is 2.29. The first-order valence-electron chi connectivity index (χ1n) is 5.04. The summed E-state index contributed by atoms with van der Waals surface area (Å²) >= 11 is 9.43. The first-order valence-corrected chi connectivity index (χ1v) is 6.21. The van der Waals surface area contributed by atoms with Crippen LogP contribution in [0.4, 0.5) is 5.69 Å². The minimum absolute atomic E-state index is 0.121. The second-order valence-corrected chi connectivity index (χ2v) is 5.19. The lowest BCUT2D eigenvalue weighted by Crippen LogP contribution is -2.31. The normalized spacial score (nSPS) is 20.3. The first-order chi connectivity index (χ1) is 7.58. The number of benzene rings is 1. The molecular formula is C11H12BrClN2O. The van der Waals surface area contributed by atoms with Crippen LogP contribution in [0.3, 0.4) is 0 Å². The Morgan fingerprint density at radius 2 is 2.31 bits per heavy atom. The predicted molar refractivity (Wildman–Crippen MR) is 68.8 cm³/mol. The van der Waals surface area contributed by atoms with Crippen molar-refractivity contribution in [2.45, 2.75) is 12.5 Å². The molecule has 86 valence electrons. The van der Waals surface area contributed by atoms with E-state index in [0.717, 1.165) is 23.1 Å². The van der Waals surface area contributed by atoms with Crippen molar-refractivity contribution in [2.75, 3.05) is 18.9 Å². The molecule has 1 aromatic carbocycles. The number of anilines is 1. The van der Waals surface area contributed by atoms with Crippen LogP contribution in [-0.2, 0) is 4.79 Å². The number of carbonyl (C=O) groups is 1.